The lowest BCUT2D eigenvalue weighted by Crippen LogP contribution is -2.51. The summed E-state index contributed by atoms with van der Waals surface area (Å²) in [4.78, 5) is 23.0. The van der Waals surface area contributed by atoms with Gasteiger partial charge >= 0.3 is 6.09 Å². The topological polar surface area (TPSA) is 67.3 Å². The van der Waals surface area contributed by atoms with Gasteiger partial charge in [0.05, 0.1) is 0 Å². The fourth-order valence-electron chi connectivity index (χ4n) is 3.52. The molecular weight excluding hydrogens is 280 g/mol. The zero-order valence-corrected chi connectivity index (χ0v) is 13.5. The van der Waals surface area contributed by atoms with Crippen molar-refractivity contribution >= 4 is 12.0 Å². The number of hydrogen-bond acceptors (Lipinski definition) is 5. The Bertz CT molecular complexity index is 515. The van der Waals surface area contributed by atoms with Crippen LogP contribution in [0.15, 0.2) is 18.5 Å². The fourth-order valence-corrected chi connectivity index (χ4v) is 3.52. The number of piperidine rings is 1. The van der Waals surface area contributed by atoms with E-state index >= 15 is 0 Å². The molecule has 2 bridgehead atoms. The van der Waals surface area contributed by atoms with Crippen LogP contribution in [0.2, 0.25) is 0 Å². The molecule has 0 radical (unpaired) electrons. The average Bonchev–Trinajstić information content (AvgIpc) is 2.69. The first-order valence-corrected chi connectivity index (χ1v) is 7.97. The van der Waals surface area contributed by atoms with E-state index in [2.05, 4.69) is 20.2 Å². The first-order valence-electron chi connectivity index (χ1n) is 7.97. The molecule has 0 saturated carbocycles. The van der Waals surface area contributed by atoms with Crippen molar-refractivity contribution in [1.29, 1.82) is 0 Å². The summed E-state index contributed by atoms with van der Waals surface area (Å²) < 4.78 is 5.35. The van der Waals surface area contributed by atoms with Crippen LogP contribution in [0.5, 0.6) is 0 Å². The highest BCUT2D eigenvalue weighted by Crippen LogP contribution is 2.37. The maximum absolute atomic E-state index is 11.9. The summed E-state index contributed by atoms with van der Waals surface area (Å²) in [6.45, 7) is 5.64. The summed E-state index contributed by atoms with van der Waals surface area (Å²) in [5.74, 6) is 0.811. The van der Waals surface area contributed by atoms with Crippen LogP contribution in [0.25, 0.3) is 0 Å². The Labute approximate surface area is 131 Å². The summed E-state index contributed by atoms with van der Waals surface area (Å²) in [5, 5.41) is 3.02. The molecular formula is C16H24N4O2. The van der Waals surface area contributed by atoms with E-state index in [1.165, 1.54) is 0 Å². The number of nitrogens with one attached hydrogen (secondary N) is 1. The maximum Gasteiger partial charge on any atom is 0.407 e. The van der Waals surface area contributed by atoms with E-state index in [0.717, 1.165) is 31.6 Å². The number of amides is 1. The van der Waals surface area contributed by atoms with Gasteiger partial charge < -0.3 is 15.0 Å². The van der Waals surface area contributed by atoms with Crippen molar-refractivity contribution in [2.75, 3.05) is 4.90 Å². The fraction of sp³-hybridized carbons (Fsp3) is 0.688. The molecule has 22 heavy (non-hydrogen) atoms. The third-order valence-corrected chi connectivity index (χ3v) is 4.24. The van der Waals surface area contributed by atoms with Crippen molar-refractivity contribution in [1.82, 2.24) is 15.3 Å². The smallest absolute Gasteiger partial charge is 0.407 e. The molecule has 2 fully saturated rings. The molecule has 120 valence electrons. The second-order valence-corrected chi connectivity index (χ2v) is 7.16. The van der Waals surface area contributed by atoms with Crippen LogP contribution in [-0.2, 0) is 4.74 Å². The highest BCUT2D eigenvalue weighted by atomic mass is 16.6. The van der Waals surface area contributed by atoms with Gasteiger partial charge in [0.15, 0.2) is 0 Å². The summed E-state index contributed by atoms with van der Waals surface area (Å²) in [6.07, 6.45) is 7.37. The number of aromatic nitrogens is 2. The molecule has 1 aromatic rings. The minimum Gasteiger partial charge on any atom is -0.444 e. The first kappa shape index (κ1) is 15.1. The predicted octanol–water partition coefficient (Wildman–Crippen LogP) is 2.50. The second-order valence-electron chi connectivity index (χ2n) is 7.16. The van der Waals surface area contributed by atoms with Crippen LogP contribution in [0.1, 0.15) is 46.5 Å². The van der Waals surface area contributed by atoms with Crippen molar-refractivity contribution in [3.8, 4) is 0 Å². The Kier molecular flexibility index (Phi) is 3.93. The molecule has 3 atom stereocenters. The highest BCUT2D eigenvalue weighted by Gasteiger charge is 2.42. The minimum absolute atomic E-state index is 0.173. The zero-order valence-electron chi connectivity index (χ0n) is 13.5. The van der Waals surface area contributed by atoms with Gasteiger partial charge in [-0.05, 0) is 52.5 Å². The van der Waals surface area contributed by atoms with E-state index in [4.69, 9.17) is 4.74 Å². The molecule has 6 heteroatoms. The predicted molar refractivity (Wildman–Crippen MR) is 83.7 cm³/mol. The summed E-state index contributed by atoms with van der Waals surface area (Å²) in [6, 6.07) is 2.82. The van der Waals surface area contributed by atoms with E-state index in [1.54, 1.807) is 12.4 Å². The molecule has 2 aliphatic rings. The Hall–Kier alpha value is -1.85. The quantitative estimate of drug-likeness (QED) is 0.909. The zero-order chi connectivity index (χ0) is 15.7. The van der Waals surface area contributed by atoms with Gasteiger partial charge in [0.2, 0.25) is 5.95 Å². The van der Waals surface area contributed by atoms with Gasteiger partial charge in [0.1, 0.15) is 5.60 Å². The molecule has 0 spiro atoms. The second kappa shape index (κ2) is 5.74. The van der Waals surface area contributed by atoms with Gasteiger partial charge in [-0.15, -0.1) is 0 Å². The van der Waals surface area contributed by atoms with E-state index in [0.29, 0.717) is 12.1 Å². The molecule has 2 aliphatic heterocycles. The average molecular weight is 304 g/mol. The lowest BCUT2D eigenvalue weighted by atomic mass is 9.98. The molecule has 0 aliphatic carbocycles. The first-order chi connectivity index (χ1) is 10.4. The van der Waals surface area contributed by atoms with E-state index in [-0.39, 0.29) is 12.1 Å². The van der Waals surface area contributed by atoms with Gasteiger partial charge in [-0.3, -0.25) is 0 Å². The van der Waals surface area contributed by atoms with Crippen molar-refractivity contribution in [3.05, 3.63) is 18.5 Å². The lowest BCUT2D eigenvalue weighted by molar-refractivity contribution is 0.0492. The van der Waals surface area contributed by atoms with E-state index in [1.807, 2.05) is 26.8 Å². The number of carbonyl (C=O) groups is 1. The van der Waals surface area contributed by atoms with Crippen LogP contribution < -0.4 is 10.2 Å². The van der Waals surface area contributed by atoms with E-state index < -0.39 is 5.60 Å². The standard InChI is InChI=1S/C16H24N4O2/c1-16(2,3)22-15(21)19-11-9-12-5-6-13(10-11)20(12)14-17-7-4-8-18-14/h4,7-8,11-13H,5-6,9-10H2,1-3H3,(H,19,21)/t11?,12-,13+. The molecule has 6 nitrogen and oxygen atoms in total. The Morgan fingerprint density at radius 1 is 1.23 bits per heavy atom. The number of ether oxygens (including phenoxy) is 1. The van der Waals surface area contributed by atoms with Gasteiger partial charge in [-0.2, -0.15) is 0 Å². The Morgan fingerprint density at radius 2 is 1.82 bits per heavy atom. The molecule has 3 heterocycles. The molecule has 1 amide bonds. The van der Waals surface area contributed by atoms with Crippen LogP contribution >= 0.6 is 0 Å². The van der Waals surface area contributed by atoms with Gasteiger partial charge in [-0.25, -0.2) is 14.8 Å². The molecule has 1 unspecified atom stereocenters. The molecule has 2 saturated heterocycles. The maximum atomic E-state index is 11.9. The summed E-state index contributed by atoms with van der Waals surface area (Å²) in [5.41, 5.74) is -0.457. The van der Waals surface area contributed by atoms with Crippen LogP contribution in [-0.4, -0.2) is 39.8 Å². The third kappa shape index (κ3) is 3.31. The molecule has 3 rings (SSSR count). The van der Waals surface area contributed by atoms with Crippen LogP contribution in [0, 0.1) is 0 Å². The third-order valence-electron chi connectivity index (χ3n) is 4.24. The van der Waals surface area contributed by atoms with Crippen LogP contribution in [0.3, 0.4) is 0 Å². The van der Waals surface area contributed by atoms with Gasteiger partial charge in [0, 0.05) is 30.5 Å². The van der Waals surface area contributed by atoms with Crippen molar-refractivity contribution in [2.24, 2.45) is 0 Å². The number of carbonyl (C=O) groups excluding carboxylic acids is 1. The number of alkyl carbamates (subject to hydrolysis) is 1. The van der Waals surface area contributed by atoms with Crippen molar-refractivity contribution in [3.63, 3.8) is 0 Å². The molecule has 1 aromatic heterocycles. The normalized spacial score (nSPS) is 27.6. The minimum atomic E-state index is -0.457. The highest BCUT2D eigenvalue weighted by molar-refractivity contribution is 5.68. The Balaban J connectivity index is 1.62. The monoisotopic (exact) mass is 304 g/mol. The SMILES string of the molecule is CC(C)(C)OC(=O)NC1C[C@H]2CC[C@@H](C1)N2c1ncccn1. The van der Waals surface area contributed by atoms with Crippen molar-refractivity contribution < 1.29 is 9.53 Å². The summed E-state index contributed by atoms with van der Waals surface area (Å²) in [7, 11) is 0. The largest absolute Gasteiger partial charge is 0.444 e. The number of fused-ring (bicyclic) bond motifs is 2. The summed E-state index contributed by atoms with van der Waals surface area (Å²) >= 11 is 0. The van der Waals surface area contributed by atoms with Gasteiger partial charge in [-0.1, -0.05) is 0 Å². The van der Waals surface area contributed by atoms with Crippen LogP contribution in [0.4, 0.5) is 10.7 Å². The van der Waals surface area contributed by atoms with Crippen molar-refractivity contribution in [2.45, 2.75) is 70.2 Å². The number of rotatable bonds is 2. The number of anilines is 1. The van der Waals surface area contributed by atoms with Gasteiger partial charge in [0.25, 0.3) is 0 Å². The molecule has 0 aromatic carbocycles. The van der Waals surface area contributed by atoms with E-state index in [9.17, 15) is 4.79 Å². The molecule has 1 N–H and O–H groups in total. The Morgan fingerprint density at radius 3 is 2.36 bits per heavy atom. The lowest BCUT2D eigenvalue weighted by Gasteiger charge is -2.39. The number of hydrogen-bond donors (Lipinski definition) is 1. The number of nitrogens with zero attached hydrogens (tertiary/aromatic N) is 3.